The molecule has 0 fully saturated rings. The highest BCUT2D eigenvalue weighted by atomic mass is 16.2. The van der Waals surface area contributed by atoms with Crippen LogP contribution in [-0.4, -0.2) is 6.61 Å². The Labute approximate surface area is 39.0 Å². The van der Waals surface area contributed by atoms with E-state index < -0.39 is 0 Å². The lowest BCUT2D eigenvalue weighted by atomic mass is 10.3. The summed E-state index contributed by atoms with van der Waals surface area (Å²) in [7, 11) is 0. The van der Waals surface area contributed by atoms with Crippen molar-refractivity contribution in [2.24, 2.45) is 0 Å². The summed E-state index contributed by atoms with van der Waals surface area (Å²) in [6, 6.07) is 0. The highest BCUT2D eigenvalue weighted by Gasteiger charge is 1.78. The molecule has 0 rings (SSSR count). The molecule has 0 bridgehead atoms. The zero-order chi connectivity index (χ0) is 4.83. The molecule has 0 amide bonds. The molecule has 0 aromatic carbocycles. The molecule has 0 atom stereocenters. The van der Waals surface area contributed by atoms with Crippen molar-refractivity contribution in [2.75, 3.05) is 6.61 Å². The van der Waals surface area contributed by atoms with Gasteiger partial charge >= 0.3 is 0 Å². The average Bonchev–Trinajstić information content (AvgIpc) is 1.61. The minimum atomic E-state index is 0.0737. The smallest absolute Gasteiger partial charge is 0.0822 e. The van der Waals surface area contributed by atoms with Crippen LogP contribution in [0.15, 0.2) is 0 Å². The summed E-state index contributed by atoms with van der Waals surface area (Å²) in [6.45, 7) is 2.04. The Bertz CT molecular complexity index is 15.9. The van der Waals surface area contributed by atoms with Gasteiger partial charge in [0.25, 0.3) is 0 Å². The Morgan fingerprint density at radius 3 is 2.50 bits per heavy atom. The predicted octanol–water partition coefficient (Wildman–Crippen LogP) is 1.42. The van der Waals surface area contributed by atoms with Gasteiger partial charge in [0.15, 0.2) is 0 Å². The van der Waals surface area contributed by atoms with Crippen LogP contribution in [0.25, 0.3) is 0 Å². The van der Waals surface area contributed by atoms with E-state index in [1.807, 2.05) is 13.3 Å². The summed E-state index contributed by atoms with van der Waals surface area (Å²) in [5, 5.41) is 9.67. The molecule has 0 unspecified atom stereocenters. The van der Waals surface area contributed by atoms with Crippen molar-refractivity contribution in [3.8, 4) is 0 Å². The standard InChI is InChI=1S/C5H10O/c1-2-3-4-5-6/h2H,3-5H2,1H3. The number of hydrogen-bond acceptors (Lipinski definition) is 0. The summed E-state index contributed by atoms with van der Waals surface area (Å²) in [4.78, 5) is 0. The number of rotatable bonds is 3. The first kappa shape index (κ1) is 5.96. The van der Waals surface area contributed by atoms with Crippen LogP contribution < -0.4 is 0 Å². The normalized spacial score (nSPS) is 9.00. The zero-order valence-corrected chi connectivity index (χ0v) is 4.11. The van der Waals surface area contributed by atoms with Crippen LogP contribution in [0.3, 0.4) is 0 Å². The van der Waals surface area contributed by atoms with Crippen molar-refractivity contribution in [3.63, 3.8) is 0 Å². The topological polar surface area (TPSA) is 19.9 Å². The molecule has 0 aliphatic rings. The van der Waals surface area contributed by atoms with Crippen LogP contribution in [0.1, 0.15) is 19.8 Å². The summed E-state index contributed by atoms with van der Waals surface area (Å²) < 4.78 is 0. The second-order valence-electron chi connectivity index (χ2n) is 1.25. The molecule has 1 heteroatoms. The molecule has 0 saturated heterocycles. The van der Waals surface area contributed by atoms with Crippen LogP contribution in [0.2, 0.25) is 0 Å². The Kier molecular flexibility index (Phi) is 4.93. The van der Waals surface area contributed by atoms with Crippen molar-refractivity contribution in [2.45, 2.75) is 19.8 Å². The third-order valence-electron chi connectivity index (χ3n) is 0.637. The van der Waals surface area contributed by atoms with Gasteiger partial charge in [-0.3, -0.25) is 0 Å². The third kappa shape index (κ3) is 3.96. The Hall–Kier alpha value is -0.0400. The molecule has 2 radical (unpaired) electrons. The molecule has 0 spiro atoms. The monoisotopic (exact) mass is 86.1 g/mol. The summed E-state index contributed by atoms with van der Waals surface area (Å²) in [5.41, 5.74) is 0. The summed E-state index contributed by atoms with van der Waals surface area (Å²) in [5.74, 6) is 0. The van der Waals surface area contributed by atoms with E-state index in [2.05, 4.69) is 0 Å². The van der Waals surface area contributed by atoms with Gasteiger partial charge in [0.1, 0.15) is 0 Å². The second kappa shape index (κ2) is 4.96. The molecular formula is C5H10O. The first-order valence-corrected chi connectivity index (χ1v) is 2.27. The second-order valence-corrected chi connectivity index (χ2v) is 1.25. The van der Waals surface area contributed by atoms with Crippen molar-refractivity contribution < 1.29 is 5.11 Å². The lowest BCUT2D eigenvalue weighted by molar-refractivity contribution is 0.189. The maximum absolute atomic E-state index is 9.67. The number of unbranched alkanes of at least 4 members (excludes halogenated alkanes) is 2. The van der Waals surface area contributed by atoms with Crippen molar-refractivity contribution >= 4 is 0 Å². The van der Waals surface area contributed by atoms with Gasteiger partial charge in [-0.15, -0.1) is 0 Å². The fourth-order valence-corrected chi connectivity index (χ4v) is 0.287. The van der Waals surface area contributed by atoms with Crippen molar-refractivity contribution in [3.05, 3.63) is 6.42 Å². The molecule has 0 saturated carbocycles. The Morgan fingerprint density at radius 2 is 2.33 bits per heavy atom. The fourth-order valence-electron chi connectivity index (χ4n) is 0.287. The Balaban J connectivity index is 2.34. The van der Waals surface area contributed by atoms with Gasteiger partial charge in [-0.1, -0.05) is 6.92 Å². The first-order chi connectivity index (χ1) is 2.91. The van der Waals surface area contributed by atoms with Gasteiger partial charge in [-0.2, -0.15) is 0 Å². The molecule has 0 aliphatic heterocycles. The van der Waals surface area contributed by atoms with Crippen LogP contribution in [0.4, 0.5) is 0 Å². The summed E-state index contributed by atoms with van der Waals surface area (Å²) >= 11 is 0. The lowest BCUT2D eigenvalue weighted by Crippen LogP contribution is -1.77. The highest BCUT2D eigenvalue weighted by molar-refractivity contribution is 4.52. The van der Waals surface area contributed by atoms with Crippen LogP contribution in [0, 0.1) is 6.42 Å². The molecule has 0 aromatic rings. The van der Waals surface area contributed by atoms with E-state index in [0.29, 0.717) is 0 Å². The highest BCUT2D eigenvalue weighted by Crippen LogP contribution is 1.88. The maximum Gasteiger partial charge on any atom is 0.0822 e. The molecule has 0 N–H and O–H groups in total. The van der Waals surface area contributed by atoms with E-state index in [1.54, 1.807) is 0 Å². The lowest BCUT2D eigenvalue weighted by Gasteiger charge is -1.83. The zero-order valence-electron chi connectivity index (χ0n) is 4.11. The van der Waals surface area contributed by atoms with Gasteiger partial charge in [-0.05, 0) is 19.3 Å². The quantitative estimate of drug-likeness (QED) is 0.463. The molecule has 0 aliphatic carbocycles. The summed E-state index contributed by atoms with van der Waals surface area (Å²) in [6.07, 6.45) is 3.79. The van der Waals surface area contributed by atoms with Crippen LogP contribution >= 0.6 is 0 Å². The van der Waals surface area contributed by atoms with E-state index >= 15 is 0 Å². The van der Waals surface area contributed by atoms with E-state index in [4.69, 9.17) is 0 Å². The van der Waals surface area contributed by atoms with Gasteiger partial charge in [0, 0.05) is 0 Å². The minimum absolute atomic E-state index is 0.0737. The van der Waals surface area contributed by atoms with Gasteiger partial charge in [0.05, 0.1) is 6.61 Å². The van der Waals surface area contributed by atoms with Crippen molar-refractivity contribution in [1.82, 2.24) is 0 Å². The maximum atomic E-state index is 9.67. The molecule has 6 heavy (non-hydrogen) atoms. The molecular weight excluding hydrogens is 76.1 g/mol. The largest absolute Gasteiger partial charge is 0.237 e. The van der Waals surface area contributed by atoms with E-state index in [-0.39, 0.29) is 6.61 Å². The van der Waals surface area contributed by atoms with E-state index in [1.165, 1.54) is 0 Å². The molecule has 0 heterocycles. The van der Waals surface area contributed by atoms with Gasteiger partial charge in [-0.25, -0.2) is 5.11 Å². The first-order valence-electron chi connectivity index (χ1n) is 2.27. The van der Waals surface area contributed by atoms with Crippen LogP contribution in [-0.2, 0) is 5.11 Å². The molecule has 1 nitrogen and oxygen atoms in total. The molecule has 36 valence electrons. The fraction of sp³-hybridized carbons (Fsp3) is 0.800. The minimum Gasteiger partial charge on any atom is -0.237 e. The van der Waals surface area contributed by atoms with Gasteiger partial charge < -0.3 is 0 Å². The van der Waals surface area contributed by atoms with Crippen LogP contribution in [0.5, 0.6) is 0 Å². The van der Waals surface area contributed by atoms with Gasteiger partial charge in [0.2, 0.25) is 0 Å². The average molecular weight is 86.1 g/mol. The van der Waals surface area contributed by atoms with E-state index in [9.17, 15) is 5.11 Å². The van der Waals surface area contributed by atoms with E-state index in [0.717, 1.165) is 12.8 Å². The van der Waals surface area contributed by atoms with Crippen molar-refractivity contribution in [1.29, 1.82) is 0 Å². The number of hydrogen-bond donors (Lipinski definition) is 0. The SMILES string of the molecule is C[CH]CCC[O]. The predicted molar refractivity (Wildman–Crippen MR) is 24.8 cm³/mol. The molecule has 0 aromatic heterocycles. The Morgan fingerprint density at radius 1 is 1.67 bits per heavy atom. The third-order valence-corrected chi connectivity index (χ3v) is 0.637.